The van der Waals surface area contributed by atoms with Gasteiger partial charge >= 0.3 is 0 Å². The molecule has 1 amide bonds. The number of rotatable bonds is 5. The Hall–Kier alpha value is -2.34. The van der Waals surface area contributed by atoms with Gasteiger partial charge in [0.1, 0.15) is 11.4 Å². The van der Waals surface area contributed by atoms with Gasteiger partial charge in [0.2, 0.25) is 0 Å². The molecule has 6 heteroatoms. The van der Waals surface area contributed by atoms with Crippen LogP contribution in [0.1, 0.15) is 53.5 Å². The van der Waals surface area contributed by atoms with Gasteiger partial charge < -0.3 is 10.0 Å². The van der Waals surface area contributed by atoms with E-state index in [9.17, 15) is 9.90 Å². The zero-order valence-corrected chi connectivity index (χ0v) is 14.5. The van der Waals surface area contributed by atoms with Gasteiger partial charge in [-0.05, 0) is 63.0 Å². The third-order valence-corrected chi connectivity index (χ3v) is 5.21. The molecule has 0 spiro atoms. The smallest absolute Gasteiger partial charge is 0.274 e. The Balaban J connectivity index is 1.52. The van der Waals surface area contributed by atoms with E-state index < -0.39 is 0 Å². The van der Waals surface area contributed by atoms with Gasteiger partial charge in [-0.3, -0.25) is 14.8 Å². The highest BCUT2D eigenvalue weighted by molar-refractivity contribution is 5.92. The summed E-state index contributed by atoms with van der Waals surface area (Å²) < 4.78 is 0. The molecule has 2 aromatic rings. The van der Waals surface area contributed by atoms with Gasteiger partial charge in [-0.25, -0.2) is 0 Å². The van der Waals surface area contributed by atoms with E-state index in [4.69, 9.17) is 0 Å². The molecule has 132 valence electrons. The average Bonchev–Trinajstić information content (AvgIpc) is 3.15. The first-order valence-electron chi connectivity index (χ1n) is 8.96. The zero-order valence-electron chi connectivity index (χ0n) is 14.5. The van der Waals surface area contributed by atoms with Gasteiger partial charge in [-0.1, -0.05) is 12.1 Å². The molecule has 2 heterocycles. The van der Waals surface area contributed by atoms with E-state index in [2.05, 4.69) is 22.1 Å². The first-order valence-corrected chi connectivity index (χ1v) is 8.96. The lowest BCUT2D eigenvalue weighted by Gasteiger charge is -2.21. The SMILES string of the molecule is CN1CCCC1c1cc(C(=O)N(Cc2cccc(O)c2)C2CC2)n[nH]1. The summed E-state index contributed by atoms with van der Waals surface area (Å²) >= 11 is 0. The van der Waals surface area contributed by atoms with E-state index in [0.29, 0.717) is 18.3 Å². The molecule has 0 radical (unpaired) electrons. The number of phenolic OH excluding ortho intramolecular Hbond substituents is 1. The maximum Gasteiger partial charge on any atom is 0.274 e. The van der Waals surface area contributed by atoms with Crippen LogP contribution in [0.3, 0.4) is 0 Å². The Bertz CT molecular complexity index is 768. The molecule has 1 aromatic heterocycles. The highest BCUT2D eigenvalue weighted by atomic mass is 16.3. The Labute approximate surface area is 147 Å². The minimum Gasteiger partial charge on any atom is -0.508 e. The van der Waals surface area contributed by atoms with Crippen molar-refractivity contribution in [1.29, 1.82) is 0 Å². The summed E-state index contributed by atoms with van der Waals surface area (Å²) in [7, 11) is 2.11. The molecule has 2 aliphatic rings. The molecule has 2 N–H and O–H groups in total. The number of carbonyl (C=O) groups is 1. The summed E-state index contributed by atoms with van der Waals surface area (Å²) in [6, 6.07) is 9.62. The molecule has 1 aliphatic heterocycles. The Morgan fingerprint density at radius 2 is 2.20 bits per heavy atom. The molecule has 1 saturated carbocycles. The van der Waals surface area contributed by atoms with Gasteiger partial charge in [0.25, 0.3) is 5.91 Å². The van der Waals surface area contributed by atoms with Crippen LogP contribution < -0.4 is 0 Å². The first kappa shape index (κ1) is 16.1. The molecule has 1 aromatic carbocycles. The number of aromatic nitrogens is 2. The van der Waals surface area contributed by atoms with Crippen molar-refractivity contribution in [2.75, 3.05) is 13.6 Å². The summed E-state index contributed by atoms with van der Waals surface area (Å²) in [6.07, 6.45) is 4.34. The van der Waals surface area contributed by atoms with Crippen LogP contribution in [0.2, 0.25) is 0 Å². The molecule has 1 saturated heterocycles. The number of aromatic hydroxyl groups is 1. The summed E-state index contributed by atoms with van der Waals surface area (Å²) in [6.45, 7) is 1.59. The van der Waals surface area contributed by atoms with Crippen molar-refractivity contribution < 1.29 is 9.90 Å². The quantitative estimate of drug-likeness (QED) is 0.878. The van der Waals surface area contributed by atoms with Crippen molar-refractivity contribution in [1.82, 2.24) is 20.0 Å². The molecule has 6 nitrogen and oxygen atoms in total. The molecule has 25 heavy (non-hydrogen) atoms. The number of nitrogens with zero attached hydrogens (tertiary/aromatic N) is 3. The Morgan fingerprint density at radius 1 is 1.36 bits per heavy atom. The fourth-order valence-electron chi connectivity index (χ4n) is 3.67. The Morgan fingerprint density at radius 3 is 2.88 bits per heavy atom. The van der Waals surface area contributed by atoms with E-state index in [0.717, 1.165) is 37.1 Å². The van der Waals surface area contributed by atoms with Crippen molar-refractivity contribution in [2.45, 2.75) is 44.3 Å². The molecule has 1 atom stereocenters. The van der Waals surface area contributed by atoms with Gasteiger partial charge in [0, 0.05) is 12.6 Å². The van der Waals surface area contributed by atoms with Crippen LogP contribution in [0.15, 0.2) is 30.3 Å². The number of aromatic amines is 1. The van der Waals surface area contributed by atoms with Crippen molar-refractivity contribution in [3.8, 4) is 5.75 Å². The number of H-pyrrole nitrogens is 1. The maximum atomic E-state index is 13.0. The maximum absolute atomic E-state index is 13.0. The predicted molar refractivity (Wildman–Crippen MR) is 94.2 cm³/mol. The monoisotopic (exact) mass is 340 g/mol. The van der Waals surface area contributed by atoms with Gasteiger partial charge in [-0.2, -0.15) is 5.10 Å². The fraction of sp³-hybridized carbons (Fsp3) is 0.474. The van der Waals surface area contributed by atoms with E-state index in [1.807, 2.05) is 23.1 Å². The molecule has 1 unspecified atom stereocenters. The van der Waals surface area contributed by atoms with Crippen LogP contribution in [-0.4, -0.2) is 50.6 Å². The number of phenols is 1. The molecule has 4 rings (SSSR count). The first-order chi connectivity index (χ1) is 12.1. The largest absolute Gasteiger partial charge is 0.508 e. The van der Waals surface area contributed by atoms with Crippen LogP contribution >= 0.6 is 0 Å². The van der Waals surface area contributed by atoms with Crippen molar-refractivity contribution in [2.24, 2.45) is 0 Å². The van der Waals surface area contributed by atoms with Crippen molar-refractivity contribution >= 4 is 5.91 Å². The normalized spacial score (nSPS) is 20.8. The number of hydrogen-bond donors (Lipinski definition) is 2. The van der Waals surface area contributed by atoms with Gasteiger partial charge in [0.15, 0.2) is 0 Å². The van der Waals surface area contributed by atoms with E-state index in [-0.39, 0.29) is 17.7 Å². The second-order valence-electron chi connectivity index (χ2n) is 7.18. The number of benzene rings is 1. The lowest BCUT2D eigenvalue weighted by molar-refractivity contribution is 0.0723. The predicted octanol–water partition coefficient (Wildman–Crippen LogP) is 2.69. The highest BCUT2D eigenvalue weighted by Crippen LogP contribution is 2.32. The van der Waals surface area contributed by atoms with Crippen LogP contribution in [-0.2, 0) is 6.54 Å². The van der Waals surface area contributed by atoms with E-state index >= 15 is 0 Å². The molecular weight excluding hydrogens is 316 g/mol. The van der Waals surface area contributed by atoms with Crippen LogP contribution in [0.5, 0.6) is 5.75 Å². The minimum absolute atomic E-state index is 0.0333. The third kappa shape index (κ3) is 3.39. The molecule has 1 aliphatic carbocycles. The van der Waals surface area contributed by atoms with Gasteiger partial charge in [-0.15, -0.1) is 0 Å². The molecular formula is C19H24N4O2. The number of hydrogen-bond acceptors (Lipinski definition) is 4. The average molecular weight is 340 g/mol. The standard InChI is InChI=1S/C19H24N4O2/c1-22-9-3-6-18(22)16-11-17(21-20-16)19(25)23(14-7-8-14)12-13-4-2-5-15(24)10-13/h2,4-5,10-11,14,18,24H,3,6-9,12H2,1H3,(H,20,21). The number of nitrogens with one attached hydrogen (secondary N) is 1. The summed E-state index contributed by atoms with van der Waals surface area (Å²) in [5, 5.41) is 17.0. The van der Waals surface area contributed by atoms with Crippen LogP contribution in [0.25, 0.3) is 0 Å². The van der Waals surface area contributed by atoms with Crippen LogP contribution in [0, 0.1) is 0 Å². The van der Waals surface area contributed by atoms with Crippen molar-refractivity contribution in [3.05, 3.63) is 47.3 Å². The summed E-state index contributed by atoms with van der Waals surface area (Å²) in [5.74, 6) is 0.195. The van der Waals surface area contributed by atoms with Crippen molar-refractivity contribution in [3.63, 3.8) is 0 Å². The lowest BCUT2D eigenvalue weighted by Crippen LogP contribution is -2.32. The van der Waals surface area contributed by atoms with Crippen LogP contribution in [0.4, 0.5) is 0 Å². The number of likely N-dealkylation sites (tertiary alicyclic amines) is 1. The van der Waals surface area contributed by atoms with Gasteiger partial charge in [0.05, 0.1) is 11.7 Å². The summed E-state index contributed by atoms with van der Waals surface area (Å²) in [5.41, 5.74) is 2.45. The minimum atomic E-state index is -0.0333. The van der Waals surface area contributed by atoms with E-state index in [1.165, 1.54) is 6.42 Å². The number of carbonyl (C=O) groups excluding carboxylic acids is 1. The third-order valence-electron chi connectivity index (χ3n) is 5.21. The second-order valence-corrected chi connectivity index (χ2v) is 7.18. The Kier molecular flexibility index (Phi) is 4.21. The molecule has 0 bridgehead atoms. The number of amides is 1. The second kappa shape index (κ2) is 6.52. The molecule has 2 fully saturated rings. The topological polar surface area (TPSA) is 72.5 Å². The summed E-state index contributed by atoms with van der Waals surface area (Å²) in [4.78, 5) is 17.2. The van der Waals surface area contributed by atoms with E-state index in [1.54, 1.807) is 12.1 Å². The zero-order chi connectivity index (χ0) is 17.4. The fourth-order valence-corrected chi connectivity index (χ4v) is 3.67. The highest BCUT2D eigenvalue weighted by Gasteiger charge is 2.34. The lowest BCUT2D eigenvalue weighted by atomic mass is 10.1.